The van der Waals surface area contributed by atoms with E-state index in [2.05, 4.69) is 0 Å². The lowest BCUT2D eigenvalue weighted by Gasteiger charge is -2.16. The first-order chi connectivity index (χ1) is 8.86. The fourth-order valence-corrected chi connectivity index (χ4v) is 1.54. The van der Waals surface area contributed by atoms with E-state index in [9.17, 15) is 14.4 Å². The Balaban J connectivity index is 3.14. The Kier molecular flexibility index (Phi) is 4.86. The number of carbonyl (C=O) groups excluding carboxylic acids is 3. The van der Waals surface area contributed by atoms with Crippen molar-refractivity contribution in [3.8, 4) is 0 Å². The Morgan fingerprint density at radius 2 is 2.00 bits per heavy atom. The van der Waals surface area contributed by atoms with Crippen molar-refractivity contribution in [3.63, 3.8) is 0 Å². The lowest BCUT2D eigenvalue weighted by Crippen LogP contribution is -2.18. The molecule has 6 heteroatoms. The highest BCUT2D eigenvalue weighted by Gasteiger charge is 2.29. The predicted octanol–water partition coefficient (Wildman–Crippen LogP) is 1.12. The van der Waals surface area contributed by atoms with Crippen LogP contribution in [0.15, 0.2) is 23.2 Å². The Morgan fingerprint density at radius 3 is 2.47 bits per heavy atom. The number of esters is 2. The molecule has 1 atom stereocenters. The van der Waals surface area contributed by atoms with Gasteiger partial charge in [0.1, 0.15) is 12.4 Å². The van der Waals surface area contributed by atoms with Crippen LogP contribution in [-0.2, 0) is 28.6 Å². The molecule has 0 amide bonds. The van der Waals surface area contributed by atoms with Gasteiger partial charge in [-0.3, -0.25) is 9.59 Å². The quantitative estimate of drug-likeness (QED) is 0.695. The van der Waals surface area contributed by atoms with Crippen LogP contribution < -0.4 is 0 Å². The van der Waals surface area contributed by atoms with Crippen LogP contribution in [0.5, 0.6) is 0 Å². The summed E-state index contributed by atoms with van der Waals surface area (Å²) in [6.07, 6.45) is 1.18. The summed E-state index contributed by atoms with van der Waals surface area (Å²) in [5.74, 6) is -1.37. The van der Waals surface area contributed by atoms with Gasteiger partial charge in [0.25, 0.3) is 0 Å². The van der Waals surface area contributed by atoms with Gasteiger partial charge < -0.3 is 14.2 Å². The van der Waals surface area contributed by atoms with Crippen LogP contribution in [0, 0.1) is 5.92 Å². The number of cyclic esters (lactones) is 1. The molecular weight excluding hydrogens is 252 g/mol. The zero-order chi connectivity index (χ0) is 14.6. The Labute approximate surface area is 111 Å². The van der Waals surface area contributed by atoms with Crippen molar-refractivity contribution in [2.75, 3.05) is 13.7 Å². The van der Waals surface area contributed by atoms with E-state index in [0.717, 1.165) is 0 Å². The summed E-state index contributed by atoms with van der Waals surface area (Å²) >= 11 is 0. The third-order valence-electron chi connectivity index (χ3n) is 2.75. The van der Waals surface area contributed by atoms with Gasteiger partial charge in [-0.15, -0.1) is 0 Å². The van der Waals surface area contributed by atoms with Gasteiger partial charge in [0, 0.05) is 18.4 Å². The van der Waals surface area contributed by atoms with Crippen LogP contribution in [0.4, 0.5) is 0 Å². The van der Waals surface area contributed by atoms with Gasteiger partial charge in [-0.2, -0.15) is 0 Å². The molecule has 0 N–H and O–H groups in total. The maximum Gasteiger partial charge on any atom is 0.340 e. The second-order valence-corrected chi connectivity index (χ2v) is 4.10. The van der Waals surface area contributed by atoms with E-state index in [1.54, 1.807) is 6.92 Å². The number of methoxy groups -OCH3 is 1. The molecular formula is C13H16O6. The second-order valence-electron chi connectivity index (χ2n) is 4.10. The van der Waals surface area contributed by atoms with Gasteiger partial charge in [0.05, 0.1) is 13.2 Å². The standard InChI is InChI=1S/C13H16O6/c1-7(8(2)14)10(6-18-9(3)15)13-11(17-4)5-12(16)19-13/h5,7H,6H2,1-4H3/b13-10+. The monoisotopic (exact) mass is 268 g/mol. The van der Waals surface area contributed by atoms with E-state index in [0.29, 0.717) is 5.57 Å². The highest BCUT2D eigenvalue weighted by atomic mass is 16.6. The fourth-order valence-electron chi connectivity index (χ4n) is 1.54. The van der Waals surface area contributed by atoms with E-state index in [4.69, 9.17) is 14.2 Å². The van der Waals surface area contributed by atoms with E-state index in [1.807, 2.05) is 0 Å². The number of ether oxygens (including phenoxy) is 3. The van der Waals surface area contributed by atoms with Crippen molar-refractivity contribution >= 4 is 17.7 Å². The largest absolute Gasteiger partial charge is 0.493 e. The molecule has 0 aromatic rings. The smallest absolute Gasteiger partial charge is 0.340 e. The van der Waals surface area contributed by atoms with Crippen LogP contribution in [0.2, 0.25) is 0 Å². The molecule has 1 rings (SSSR count). The average molecular weight is 268 g/mol. The molecule has 0 aromatic heterocycles. The Bertz CT molecular complexity index is 472. The predicted molar refractivity (Wildman–Crippen MR) is 64.7 cm³/mol. The number of Topliss-reactive ketones (excluding diaryl/α,β-unsaturated/α-hetero) is 1. The number of ketones is 1. The molecule has 19 heavy (non-hydrogen) atoms. The highest BCUT2D eigenvalue weighted by Crippen LogP contribution is 2.28. The molecule has 0 saturated heterocycles. The summed E-state index contributed by atoms with van der Waals surface area (Å²) in [7, 11) is 1.38. The topological polar surface area (TPSA) is 78.9 Å². The first-order valence-electron chi connectivity index (χ1n) is 5.71. The molecule has 0 spiro atoms. The van der Waals surface area contributed by atoms with Crippen LogP contribution in [0.25, 0.3) is 0 Å². The third-order valence-corrected chi connectivity index (χ3v) is 2.75. The number of hydrogen-bond acceptors (Lipinski definition) is 6. The van der Waals surface area contributed by atoms with Crippen LogP contribution >= 0.6 is 0 Å². The molecule has 0 aromatic carbocycles. The van der Waals surface area contributed by atoms with Gasteiger partial charge in [-0.05, 0) is 6.92 Å². The van der Waals surface area contributed by atoms with Crippen molar-refractivity contribution in [2.24, 2.45) is 5.92 Å². The summed E-state index contributed by atoms with van der Waals surface area (Å²) in [4.78, 5) is 33.6. The highest BCUT2D eigenvalue weighted by molar-refractivity contribution is 5.89. The summed E-state index contributed by atoms with van der Waals surface area (Å²) in [5.41, 5.74) is 0.404. The van der Waals surface area contributed by atoms with Crippen molar-refractivity contribution in [3.05, 3.63) is 23.2 Å². The Hall–Kier alpha value is -2.11. The maximum absolute atomic E-state index is 11.5. The lowest BCUT2D eigenvalue weighted by molar-refractivity contribution is -0.140. The normalized spacial score (nSPS) is 18.3. The average Bonchev–Trinajstić information content (AvgIpc) is 2.70. The maximum atomic E-state index is 11.5. The van der Waals surface area contributed by atoms with Gasteiger partial charge in [0.2, 0.25) is 0 Å². The molecule has 0 bridgehead atoms. The van der Waals surface area contributed by atoms with Crippen molar-refractivity contribution in [2.45, 2.75) is 20.8 Å². The molecule has 6 nitrogen and oxygen atoms in total. The summed E-state index contributed by atoms with van der Waals surface area (Å²) in [6.45, 7) is 4.19. The van der Waals surface area contributed by atoms with Crippen molar-refractivity contribution in [1.29, 1.82) is 0 Å². The summed E-state index contributed by atoms with van der Waals surface area (Å²) < 4.78 is 14.9. The minimum absolute atomic E-state index is 0.126. The zero-order valence-electron chi connectivity index (χ0n) is 11.3. The van der Waals surface area contributed by atoms with Crippen molar-refractivity contribution in [1.82, 2.24) is 0 Å². The van der Waals surface area contributed by atoms with Crippen LogP contribution in [0.3, 0.4) is 0 Å². The number of rotatable bonds is 5. The molecule has 0 aliphatic carbocycles. The number of carbonyl (C=O) groups is 3. The van der Waals surface area contributed by atoms with E-state index in [1.165, 1.54) is 27.0 Å². The molecule has 104 valence electrons. The van der Waals surface area contributed by atoms with E-state index in [-0.39, 0.29) is 23.9 Å². The zero-order valence-corrected chi connectivity index (χ0v) is 11.3. The summed E-state index contributed by atoms with van der Waals surface area (Å²) in [5, 5.41) is 0. The molecule has 1 aliphatic rings. The van der Waals surface area contributed by atoms with E-state index >= 15 is 0 Å². The summed E-state index contributed by atoms with van der Waals surface area (Å²) in [6, 6.07) is 0. The van der Waals surface area contributed by atoms with Gasteiger partial charge in [-0.1, -0.05) is 6.92 Å². The minimum atomic E-state index is -0.581. The molecule has 0 saturated carbocycles. The molecule has 1 aliphatic heterocycles. The number of hydrogen-bond donors (Lipinski definition) is 0. The first-order valence-corrected chi connectivity index (χ1v) is 5.71. The van der Waals surface area contributed by atoms with Crippen LogP contribution in [-0.4, -0.2) is 31.4 Å². The molecule has 0 radical (unpaired) electrons. The SMILES string of the molecule is COC1=CC(=O)O/C1=C(\COC(C)=O)C(C)C(C)=O. The minimum Gasteiger partial charge on any atom is -0.493 e. The molecule has 1 unspecified atom stereocenters. The molecule has 1 heterocycles. The van der Waals surface area contributed by atoms with Gasteiger partial charge in [0.15, 0.2) is 11.5 Å². The van der Waals surface area contributed by atoms with Gasteiger partial charge >= 0.3 is 11.9 Å². The second kappa shape index (κ2) is 6.17. The lowest BCUT2D eigenvalue weighted by atomic mass is 9.96. The van der Waals surface area contributed by atoms with E-state index < -0.39 is 17.9 Å². The fraction of sp³-hybridized carbons (Fsp3) is 0.462. The van der Waals surface area contributed by atoms with Crippen molar-refractivity contribution < 1.29 is 28.6 Å². The van der Waals surface area contributed by atoms with Gasteiger partial charge in [-0.25, -0.2) is 4.79 Å². The van der Waals surface area contributed by atoms with Crippen LogP contribution in [0.1, 0.15) is 20.8 Å². The Morgan fingerprint density at radius 1 is 1.37 bits per heavy atom. The first kappa shape index (κ1) is 14.9. The molecule has 0 fully saturated rings. The third kappa shape index (κ3) is 3.67.